The van der Waals surface area contributed by atoms with Crippen molar-refractivity contribution < 1.29 is 13.9 Å². The van der Waals surface area contributed by atoms with Crippen molar-refractivity contribution in [2.24, 2.45) is 0 Å². The first-order chi connectivity index (χ1) is 8.97. The largest absolute Gasteiger partial charge is 0.388 e. The highest BCUT2D eigenvalue weighted by Crippen LogP contribution is 2.27. The van der Waals surface area contributed by atoms with Crippen LogP contribution < -0.4 is 0 Å². The van der Waals surface area contributed by atoms with Gasteiger partial charge >= 0.3 is 0 Å². The van der Waals surface area contributed by atoms with Crippen molar-refractivity contribution in [3.05, 3.63) is 67.2 Å². The second kappa shape index (κ2) is 6.28. The quantitative estimate of drug-likeness (QED) is 0.694. The number of halogens is 4. The highest BCUT2D eigenvalue weighted by Gasteiger charge is 2.14. The number of hydrogen-bond donors (Lipinski definition) is 1. The van der Waals surface area contributed by atoms with E-state index in [9.17, 15) is 13.9 Å². The summed E-state index contributed by atoms with van der Waals surface area (Å²) in [7, 11) is 0. The van der Waals surface area contributed by atoms with Crippen LogP contribution in [0.1, 0.15) is 17.2 Å². The van der Waals surface area contributed by atoms with Crippen LogP contribution in [-0.2, 0) is 6.42 Å². The number of benzene rings is 2. The minimum atomic E-state index is -0.755. The van der Waals surface area contributed by atoms with Crippen molar-refractivity contribution in [1.82, 2.24) is 0 Å². The standard InChI is InChI=1S/C14H10BrF2IO/c15-12-6-9(16)2-1-8(12)5-14(19)11-4-3-10(17)7-13(11)18/h1-4,6-7,14,19H,5H2. The number of aliphatic hydroxyl groups is 1. The lowest BCUT2D eigenvalue weighted by molar-refractivity contribution is 0.177. The van der Waals surface area contributed by atoms with Gasteiger partial charge in [0.2, 0.25) is 0 Å². The zero-order valence-electron chi connectivity index (χ0n) is 9.71. The van der Waals surface area contributed by atoms with Crippen LogP contribution in [0.2, 0.25) is 0 Å². The second-order valence-electron chi connectivity index (χ2n) is 4.12. The minimum absolute atomic E-state index is 0.330. The molecule has 2 aromatic carbocycles. The molecule has 100 valence electrons. The van der Waals surface area contributed by atoms with Crippen molar-refractivity contribution >= 4 is 38.5 Å². The Labute approximate surface area is 131 Å². The molecule has 0 aromatic heterocycles. The fourth-order valence-electron chi connectivity index (χ4n) is 1.78. The van der Waals surface area contributed by atoms with Gasteiger partial charge in [-0.25, -0.2) is 8.78 Å². The molecule has 1 nitrogen and oxygen atoms in total. The van der Waals surface area contributed by atoms with Crippen LogP contribution in [0.15, 0.2) is 40.9 Å². The maximum atomic E-state index is 13.0. The van der Waals surface area contributed by atoms with E-state index in [4.69, 9.17) is 0 Å². The first-order valence-corrected chi connectivity index (χ1v) is 7.41. The maximum Gasteiger partial charge on any atom is 0.124 e. The summed E-state index contributed by atoms with van der Waals surface area (Å²) in [5, 5.41) is 10.2. The van der Waals surface area contributed by atoms with E-state index < -0.39 is 6.10 Å². The van der Waals surface area contributed by atoms with E-state index in [1.165, 1.54) is 24.3 Å². The molecule has 0 bridgehead atoms. The van der Waals surface area contributed by atoms with Crippen molar-refractivity contribution in [1.29, 1.82) is 0 Å². The summed E-state index contributed by atoms with van der Waals surface area (Å²) in [6, 6.07) is 8.59. The highest BCUT2D eigenvalue weighted by molar-refractivity contribution is 14.1. The van der Waals surface area contributed by atoms with E-state index in [1.54, 1.807) is 12.1 Å². The Balaban J connectivity index is 2.23. The van der Waals surface area contributed by atoms with Crippen LogP contribution >= 0.6 is 38.5 Å². The molecule has 0 heterocycles. The summed E-state index contributed by atoms with van der Waals surface area (Å²) >= 11 is 5.25. The molecule has 0 saturated carbocycles. The summed E-state index contributed by atoms with van der Waals surface area (Å²) in [5.41, 5.74) is 1.47. The fourth-order valence-corrected chi connectivity index (χ4v) is 3.13. The Kier molecular flexibility index (Phi) is 4.92. The molecule has 2 aromatic rings. The van der Waals surface area contributed by atoms with Gasteiger partial charge in [-0.1, -0.05) is 28.1 Å². The van der Waals surface area contributed by atoms with Crippen molar-refractivity contribution in [2.75, 3.05) is 0 Å². The van der Waals surface area contributed by atoms with Crippen molar-refractivity contribution in [3.8, 4) is 0 Å². The molecule has 0 amide bonds. The van der Waals surface area contributed by atoms with Crippen LogP contribution in [0.5, 0.6) is 0 Å². The van der Waals surface area contributed by atoms with Gasteiger partial charge in [-0.3, -0.25) is 0 Å². The molecule has 0 fully saturated rings. The van der Waals surface area contributed by atoms with Gasteiger partial charge < -0.3 is 5.11 Å². The molecule has 1 unspecified atom stereocenters. The molecule has 0 aliphatic heterocycles. The van der Waals surface area contributed by atoms with Gasteiger partial charge in [0.15, 0.2) is 0 Å². The number of hydrogen-bond acceptors (Lipinski definition) is 1. The maximum absolute atomic E-state index is 13.0. The molecule has 0 aliphatic carbocycles. The highest BCUT2D eigenvalue weighted by atomic mass is 127. The summed E-state index contributed by atoms with van der Waals surface area (Å²) in [4.78, 5) is 0. The molecule has 0 aliphatic rings. The smallest absolute Gasteiger partial charge is 0.124 e. The van der Waals surface area contributed by atoms with Gasteiger partial charge in [0.05, 0.1) is 6.10 Å². The predicted molar refractivity (Wildman–Crippen MR) is 81.9 cm³/mol. The Morgan fingerprint density at radius 2 is 1.74 bits per heavy atom. The van der Waals surface area contributed by atoms with Gasteiger partial charge in [-0.15, -0.1) is 0 Å². The van der Waals surface area contributed by atoms with Crippen LogP contribution in [0.3, 0.4) is 0 Å². The molecule has 1 N–H and O–H groups in total. The van der Waals surface area contributed by atoms with Gasteiger partial charge in [0, 0.05) is 14.5 Å². The van der Waals surface area contributed by atoms with Crippen LogP contribution in [-0.4, -0.2) is 5.11 Å². The fraction of sp³-hybridized carbons (Fsp3) is 0.143. The summed E-state index contributed by atoms with van der Waals surface area (Å²) in [5.74, 6) is -0.662. The molecular weight excluding hydrogens is 429 g/mol. The van der Waals surface area contributed by atoms with Gasteiger partial charge in [0.1, 0.15) is 11.6 Å². The Hall–Kier alpha value is -0.530. The molecule has 0 spiro atoms. The predicted octanol–water partition coefficient (Wildman–Crippen LogP) is 4.61. The van der Waals surface area contributed by atoms with Crippen LogP contribution in [0, 0.1) is 15.2 Å². The van der Waals surface area contributed by atoms with Gasteiger partial charge in [-0.2, -0.15) is 0 Å². The molecule has 19 heavy (non-hydrogen) atoms. The number of aliphatic hydroxyl groups excluding tert-OH is 1. The zero-order valence-corrected chi connectivity index (χ0v) is 13.5. The van der Waals surface area contributed by atoms with E-state index >= 15 is 0 Å². The van der Waals surface area contributed by atoms with E-state index in [0.717, 1.165) is 5.56 Å². The monoisotopic (exact) mass is 438 g/mol. The normalized spacial score (nSPS) is 12.5. The van der Waals surface area contributed by atoms with E-state index in [-0.39, 0.29) is 11.6 Å². The summed E-state index contributed by atoms with van der Waals surface area (Å²) < 4.78 is 27.3. The first-order valence-electron chi connectivity index (χ1n) is 5.54. The van der Waals surface area contributed by atoms with E-state index in [1.807, 2.05) is 22.6 Å². The molecular formula is C14H10BrF2IO. The first kappa shape index (κ1) is 14.9. The molecule has 0 saturated heterocycles. The summed E-state index contributed by atoms with van der Waals surface area (Å²) in [6.07, 6.45) is -0.420. The molecule has 2 rings (SSSR count). The minimum Gasteiger partial charge on any atom is -0.388 e. The zero-order chi connectivity index (χ0) is 14.0. The molecule has 0 radical (unpaired) electrons. The van der Waals surface area contributed by atoms with E-state index in [2.05, 4.69) is 15.9 Å². The van der Waals surface area contributed by atoms with Crippen LogP contribution in [0.25, 0.3) is 0 Å². The SMILES string of the molecule is OC(Cc1ccc(F)cc1Br)c1ccc(F)cc1I. The Morgan fingerprint density at radius 1 is 1.11 bits per heavy atom. The topological polar surface area (TPSA) is 20.2 Å². The average Bonchev–Trinajstić information content (AvgIpc) is 2.32. The summed E-state index contributed by atoms with van der Waals surface area (Å²) in [6.45, 7) is 0. The second-order valence-corrected chi connectivity index (χ2v) is 6.14. The number of rotatable bonds is 3. The lowest BCUT2D eigenvalue weighted by Gasteiger charge is -2.14. The lowest BCUT2D eigenvalue weighted by atomic mass is 10.0. The van der Waals surface area contributed by atoms with E-state index in [0.29, 0.717) is 20.0 Å². The average molecular weight is 439 g/mol. The van der Waals surface area contributed by atoms with Crippen molar-refractivity contribution in [3.63, 3.8) is 0 Å². The Bertz CT molecular complexity index is 604. The Morgan fingerprint density at radius 3 is 2.37 bits per heavy atom. The third-order valence-corrected chi connectivity index (χ3v) is 4.42. The third-order valence-electron chi connectivity index (χ3n) is 2.75. The molecule has 5 heteroatoms. The third kappa shape index (κ3) is 3.73. The van der Waals surface area contributed by atoms with Gasteiger partial charge in [0.25, 0.3) is 0 Å². The lowest BCUT2D eigenvalue weighted by Crippen LogP contribution is -2.05. The van der Waals surface area contributed by atoms with Crippen molar-refractivity contribution in [2.45, 2.75) is 12.5 Å². The van der Waals surface area contributed by atoms with Crippen LogP contribution in [0.4, 0.5) is 8.78 Å². The molecule has 1 atom stereocenters. The van der Waals surface area contributed by atoms with Gasteiger partial charge in [-0.05, 0) is 58.0 Å².